The summed E-state index contributed by atoms with van der Waals surface area (Å²) >= 11 is 0.946. The van der Waals surface area contributed by atoms with Crippen molar-refractivity contribution in [3.05, 3.63) is 29.8 Å². The second kappa shape index (κ2) is 2.39. The Labute approximate surface area is 66.9 Å². The van der Waals surface area contributed by atoms with Crippen LogP contribution in [-0.4, -0.2) is 5.91 Å². The van der Waals surface area contributed by atoms with E-state index in [0.29, 0.717) is 5.56 Å². The molecule has 0 saturated heterocycles. The third-order valence-corrected chi connectivity index (χ3v) is 1.92. The molecule has 4 heteroatoms. The lowest BCUT2D eigenvalue weighted by atomic mass is 10.2. The Morgan fingerprint density at radius 1 is 1.18 bits per heavy atom. The van der Waals surface area contributed by atoms with E-state index in [1.54, 1.807) is 18.2 Å². The van der Waals surface area contributed by atoms with Gasteiger partial charge in [0, 0.05) is 0 Å². The standard InChI is InChI=1S/C7H4N2OS/c10-7-5-3-1-2-4-6(5)8-11-9-7/h1-4H. The minimum Gasteiger partial charge on any atom is -0.266 e. The number of fused-ring (bicyclic) bond motifs is 1. The van der Waals surface area contributed by atoms with Crippen LogP contribution in [0.25, 0.3) is 0 Å². The third-order valence-electron chi connectivity index (χ3n) is 1.40. The van der Waals surface area contributed by atoms with Crippen molar-refractivity contribution in [2.24, 2.45) is 8.73 Å². The molecule has 0 aromatic heterocycles. The fourth-order valence-corrected chi connectivity index (χ4v) is 1.35. The Bertz CT molecular complexity index is 365. The van der Waals surface area contributed by atoms with E-state index in [1.807, 2.05) is 6.07 Å². The van der Waals surface area contributed by atoms with Gasteiger partial charge < -0.3 is 0 Å². The molecule has 0 unspecified atom stereocenters. The zero-order valence-corrected chi connectivity index (χ0v) is 6.34. The van der Waals surface area contributed by atoms with Crippen molar-refractivity contribution in [1.29, 1.82) is 0 Å². The second-order valence-corrected chi connectivity index (χ2v) is 2.61. The summed E-state index contributed by atoms with van der Waals surface area (Å²) in [7, 11) is 0. The van der Waals surface area contributed by atoms with Crippen molar-refractivity contribution in [2.45, 2.75) is 0 Å². The second-order valence-electron chi connectivity index (χ2n) is 2.09. The molecular weight excluding hydrogens is 160 g/mol. The van der Waals surface area contributed by atoms with E-state index < -0.39 is 0 Å². The van der Waals surface area contributed by atoms with Gasteiger partial charge in [0.05, 0.1) is 22.6 Å². The van der Waals surface area contributed by atoms with Crippen LogP contribution in [0.5, 0.6) is 0 Å². The molecule has 0 aliphatic carbocycles. The monoisotopic (exact) mass is 164 g/mol. The summed E-state index contributed by atoms with van der Waals surface area (Å²) < 4.78 is 7.55. The quantitative estimate of drug-likeness (QED) is 0.577. The van der Waals surface area contributed by atoms with Crippen LogP contribution in [0.4, 0.5) is 5.69 Å². The summed E-state index contributed by atoms with van der Waals surface area (Å²) in [4.78, 5) is 11.0. The Kier molecular flexibility index (Phi) is 1.40. The average Bonchev–Trinajstić information content (AvgIpc) is 2.06. The Balaban J connectivity index is 2.74. The van der Waals surface area contributed by atoms with Crippen molar-refractivity contribution in [1.82, 2.24) is 0 Å². The highest BCUT2D eigenvalue weighted by Crippen LogP contribution is 2.21. The summed E-state index contributed by atoms with van der Waals surface area (Å²) in [5.41, 5.74) is 1.31. The molecule has 1 heterocycles. The minimum atomic E-state index is -0.194. The first-order valence-corrected chi connectivity index (χ1v) is 3.82. The van der Waals surface area contributed by atoms with Crippen LogP contribution < -0.4 is 0 Å². The summed E-state index contributed by atoms with van der Waals surface area (Å²) in [6.07, 6.45) is 0. The lowest BCUT2D eigenvalue weighted by Crippen LogP contribution is -1.95. The smallest absolute Gasteiger partial charge is 0.266 e. The first-order chi connectivity index (χ1) is 5.38. The largest absolute Gasteiger partial charge is 0.291 e. The van der Waals surface area contributed by atoms with Crippen molar-refractivity contribution in [3.63, 3.8) is 0 Å². The summed E-state index contributed by atoms with van der Waals surface area (Å²) in [5.74, 6) is -0.194. The Morgan fingerprint density at radius 2 is 2.00 bits per heavy atom. The number of carbonyl (C=O) groups is 1. The van der Waals surface area contributed by atoms with Crippen molar-refractivity contribution in [3.8, 4) is 0 Å². The Hall–Kier alpha value is -1.29. The van der Waals surface area contributed by atoms with E-state index in [2.05, 4.69) is 8.73 Å². The molecule has 2 rings (SSSR count). The molecule has 1 aliphatic rings. The molecule has 11 heavy (non-hydrogen) atoms. The van der Waals surface area contributed by atoms with E-state index in [0.717, 1.165) is 17.0 Å². The number of hydrogen-bond acceptors (Lipinski definition) is 2. The molecule has 54 valence electrons. The molecule has 1 amide bonds. The van der Waals surface area contributed by atoms with Crippen LogP contribution in [0.15, 0.2) is 33.0 Å². The van der Waals surface area contributed by atoms with Gasteiger partial charge in [0.1, 0.15) is 0 Å². The number of rotatable bonds is 0. The number of hydrogen-bond donors (Lipinski definition) is 0. The number of benzene rings is 1. The normalized spacial score (nSPS) is 14.0. The molecular formula is C7H4N2OS. The fraction of sp³-hybridized carbons (Fsp3) is 0. The van der Waals surface area contributed by atoms with Gasteiger partial charge in [0.15, 0.2) is 0 Å². The summed E-state index contributed by atoms with van der Waals surface area (Å²) in [6, 6.07) is 7.18. The van der Waals surface area contributed by atoms with Gasteiger partial charge in [-0.3, -0.25) is 4.79 Å². The molecule has 0 spiro atoms. The highest BCUT2D eigenvalue weighted by molar-refractivity contribution is 7.58. The lowest BCUT2D eigenvalue weighted by molar-refractivity contribution is 0.101. The average molecular weight is 164 g/mol. The zero-order valence-electron chi connectivity index (χ0n) is 5.52. The van der Waals surface area contributed by atoms with E-state index in [-0.39, 0.29) is 5.91 Å². The van der Waals surface area contributed by atoms with Crippen LogP contribution in [0.1, 0.15) is 10.4 Å². The molecule has 3 nitrogen and oxygen atoms in total. The molecule has 0 saturated carbocycles. The van der Waals surface area contributed by atoms with Crippen LogP contribution >= 0.6 is 0 Å². The van der Waals surface area contributed by atoms with E-state index in [4.69, 9.17) is 0 Å². The van der Waals surface area contributed by atoms with Crippen molar-refractivity contribution >= 4 is 22.9 Å². The maximum atomic E-state index is 11.0. The van der Waals surface area contributed by atoms with E-state index in [9.17, 15) is 4.79 Å². The maximum absolute atomic E-state index is 11.0. The van der Waals surface area contributed by atoms with Crippen LogP contribution in [0.3, 0.4) is 0 Å². The number of nitrogens with zero attached hydrogens (tertiary/aromatic N) is 2. The minimum absolute atomic E-state index is 0.194. The van der Waals surface area contributed by atoms with Gasteiger partial charge in [-0.05, 0) is 12.1 Å². The highest BCUT2D eigenvalue weighted by atomic mass is 32.1. The molecule has 0 atom stereocenters. The molecule has 0 bridgehead atoms. The van der Waals surface area contributed by atoms with E-state index in [1.165, 1.54) is 0 Å². The predicted octanol–water partition coefficient (Wildman–Crippen LogP) is 1.92. The van der Waals surface area contributed by atoms with Gasteiger partial charge in [-0.2, -0.15) is 4.36 Å². The molecule has 1 aromatic carbocycles. The molecule has 0 N–H and O–H groups in total. The van der Waals surface area contributed by atoms with Gasteiger partial charge in [-0.15, -0.1) is 4.36 Å². The first-order valence-electron chi connectivity index (χ1n) is 3.09. The first kappa shape index (κ1) is 6.42. The van der Waals surface area contributed by atoms with Crippen molar-refractivity contribution < 1.29 is 4.79 Å². The van der Waals surface area contributed by atoms with Crippen LogP contribution in [-0.2, 0) is 11.4 Å². The van der Waals surface area contributed by atoms with Crippen LogP contribution in [0, 0.1) is 0 Å². The molecule has 0 radical (unpaired) electrons. The maximum Gasteiger partial charge on any atom is 0.291 e. The highest BCUT2D eigenvalue weighted by Gasteiger charge is 2.10. The van der Waals surface area contributed by atoms with E-state index >= 15 is 0 Å². The Morgan fingerprint density at radius 3 is 2.82 bits per heavy atom. The molecule has 0 fully saturated rings. The zero-order chi connectivity index (χ0) is 7.68. The van der Waals surface area contributed by atoms with Crippen molar-refractivity contribution in [2.75, 3.05) is 0 Å². The predicted molar refractivity (Wildman–Crippen MR) is 42.7 cm³/mol. The molecule has 1 aromatic rings. The summed E-state index contributed by atoms with van der Waals surface area (Å²) in [5, 5.41) is 0. The van der Waals surface area contributed by atoms with Gasteiger partial charge in [-0.1, -0.05) is 12.1 Å². The van der Waals surface area contributed by atoms with Gasteiger partial charge in [-0.25, -0.2) is 0 Å². The van der Waals surface area contributed by atoms with Crippen LogP contribution in [0.2, 0.25) is 0 Å². The van der Waals surface area contributed by atoms with Gasteiger partial charge in [0.25, 0.3) is 5.91 Å². The summed E-state index contributed by atoms with van der Waals surface area (Å²) in [6.45, 7) is 0. The van der Waals surface area contributed by atoms with Gasteiger partial charge >= 0.3 is 0 Å². The number of carbonyl (C=O) groups excluding carboxylic acids is 1. The lowest BCUT2D eigenvalue weighted by Gasteiger charge is -1.99. The molecule has 1 aliphatic heterocycles. The third kappa shape index (κ3) is 1.01. The SMILES string of the molecule is O=C1N=S=Nc2ccccc21. The topological polar surface area (TPSA) is 41.8 Å². The fourth-order valence-electron chi connectivity index (χ4n) is 0.885. The number of amides is 1. The van der Waals surface area contributed by atoms with Gasteiger partial charge in [0.2, 0.25) is 0 Å².